The molecule has 0 fully saturated rings. The lowest BCUT2D eigenvalue weighted by Gasteiger charge is -2.19. The van der Waals surface area contributed by atoms with Crippen LogP contribution in [0.3, 0.4) is 0 Å². The third-order valence-corrected chi connectivity index (χ3v) is 5.03. The first-order valence-corrected chi connectivity index (χ1v) is 7.49. The summed E-state index contributed by atoms with van der Waals surface area (Å²) in [6, 6.07) is 20.9. The second kappa shape index (κ2) is 6.33. The van der Waals surface area contributed by atoms with Crippen molar-refractivity contribution in [2.75, 3.05) is 0 Å². The molecule has 0 amide bonds. The normalized spacial score (nSPS) is 12.3. The Bertz CT molecular complexity index is 441. The topological polar surface area (TPSA) is 9.23 Å². The lowest BCUT2D eigenvalue weighted by Crippen LogP contribution is -2.46. The van der Waals surface area contributed by atoms with Gasteiger partial charge in [0, 0.05) is 0 Å². The Morgan fingerprint density at radius 3 is 1.78 bits per heavy atom. The summed E-state index contributed by atoms with van der Waals surface area (Å²) in [5.74, 6) is 0. The minimum atomic E-state index is -1.18. The van der Waals surface area contributed by atoms with E-state index < -0.39 is 9.04 Å². The molecule has 0 aliphatic rings. The molecule has 0 aliphatic carbocycles. The molecular weight excluding hydrogens is 236 g/mol. The molecule has 1 radical (unpaired) electrons. The second-order valence-corrected chi connectivity index (χ2v) is 6.17. The van der Waals surface area contributed by atoms with Crippen molar-refractivity contribution in [2.24, 2.45) is 0 Å². The summed E-state index contributed by atoms with van der Waals surface area (Å²) in [5, 5.41) is 2.53. The van der Waals surface area contributed by atoms with Crippen LogP contribution in [0.5, 0.6) is 0 Å². The summed E-state index contributed by atoms with van der Waals surface area (Å²) < 4.78 is 6.16. The zero-order valence-corrected chi connectivity index (χ0v) is 11.5. The molecule has 0 N–H and O–H groups in total. The Labute approximate surface area is 110 Å². The van der Waals surface area contributed by atoms with Gasteiger partial charge in [-0.25, -0.2) is 0 Å². The fraction of sp³-hybridized carbons (Fsp3) is 0.125. The minimum absolute atomic E-state index is 0.0688. The average molecular weight is 253 g/mol. The van der Waals surface area contributed by atoms with Gasteiger partial charge in [-0.3, -0.25) is 0 Å². The van der Waals surface area contributed by atoms with Crippen LogP contribution in [0.4, 0.5) is 0 Å². The Morgan fingerprint density at radius 2 is 1.39 bits per heavy atom. The summed E-state index contributed by atoms with van der Waals surface area (Å²) in [6.45, 7) is 5.82. The Hall–Kier alpha value is -1.64. The Balaban J connectivity index is 2.32. The lowest BCUT2D eigenvalue weighted by molar-refractivity contribution is 0.283. The van der Waals surface area contributed by atoms with E-state index in [2.05, 4.69) is 55.1 Å². The summed E-state index contributed by atoms with van der Waals surface area (Å²) in [6.07, 6.45) is 1.91. The number of benzene rings is 2. The van der Waals surface area contributed by atoms with E-state index in [0.717, 1.165) is 0 Å². The molecule has 0 saturated carbocycles. The van der Waals surface area contributed by atoms with Crippen LogP contribution in [0.25, 0.3) is 0 Å². The van der Waals surface area contributed by atoms with E-state index >= 15 is 0 Å². The maximum absolute atomic E-state index is 6.16. The average Bonchev–Trinajstić information content (AvgIpc) is 2.46. The minimum Gasteiger partial charge on any atom is -0.401 e. The van der Waals surface area contributed by atoms with Crippen molar-refractivity contribution < 1.29 is 4.43 Å². The van der Waals surface area contributed by atoms with Crippen molar-refractivity contribution in [1.82, 2.24) is 0 Å². The van der Waals surface area contributed by atoms with Crippen molar-refractivity contribution in [1.29, 1.82) is 0 Å². The van der Waals surface area contributed by atoms with Crippen LogP contribution in [-0.4, -0.2) is 15.1 Å². The smallest absolute Gasteiger partial charge is 0.283 e. The molecule has 1 nitrogen and oxygen atoms in total. The third-order valence-electron chi connectivity index (χ3n) is 2.71. The molecule has 0 aromatic heterocycles. The number of rotatable bonds is 5. The first-order chi connectivity index (χ1) is 8.81. The molecule has 91 valence electrons. The molecule has 0 bridgehead atoms. The molecule has 18 heavy (non-hydrogen) atoms. The molecule has 0 saturated heterocycles. The van der Waals surface area contributed by atoms with Gasteiger partial charge in [0.05, 0.1) is 6.10 Å². The number of hydrogen-bond donors (Lipinski definition) is 0. The molecule has 2 rings (SSSR count). The van der Waals surface area contributed by atoms with Gasteiger partial charge in [-0.1, -0.05) is 66.7 Å². The highest BCUT2D eigenvalue weighted by atomic mass is 28.3. The zero-order chi connectivity index (χ0) is 12.8. The van der Waals surface area contributed by atoms with Crippen LogP contribution < -0.4 is 10.4 Å². The monoisotopic (exact) mass is 253 g/mol. The van der Waals surface area contributed by atoms with Crippen LogP contribution >= 0.6 is 0 Å². The predicted molar refractivity (Wildman–Crippen MR) is 78.7 cm³/mol. The highest BCUT2D eigenvalue weighted by molar-refractivity contribution is 6.80. The van der Waals surface area contributed by atoms with Crippen molar-refractivity contribution in [3.05, 3.63) is 73.3 Å². The van der Waals surface area contributed by atoms with Crippen molar-refractivity contribution in [3.8, 4) is 0 Å². The predicted octanol–water partition coefficient (Wildman–Crippen LogP) is 2.38. The lowest BCUT2D eigenvalue weighted by atomic mass is 10.4. The first kappa shape index (κ1) is 12.8. The van der Waals surface area contributed by atoms with Gasteiger partial charge >= 0.3 is 0 Å². The zero-order valence-electron chi connectivity index (χ0n) is 10.5. The summed E-state index contributed by atoms with van der Waals surface area (Å²) in [4.78, 5) is 0. The highest BCUT2D eigenvalue weighted by Gasteiger charge is 2.20. The number of hydrogen-bond acceptors (Lipinski definition) is 1. The van der Waals surface area contributed by atoms with E-state index in [0.29, 0.717) is 0 Å². The summed E-state index contributed by atoms with van der Waals surface area (Å²) in [5.41, 5.74) is 0. The third kappa shape index (κ3) is 3.19. The highest BCUT2D eigenvalue weighted by Crippen LogP contribution is 1.99. The molecule has 2 heteroatoms. The van der Waals surface area contributed by atoms with E-state index in [4.69, 9.17) is 4.43 Å². The summed E-state index contributed by atoms with van der Waals surface area (Å²) in [7, 11) is -1.18. The van der Waals surface area contributed by atoms with Gasteiger partial charge in [-0.15, -0.1) is 6.58 Å². The van der Waals surface area contributed by atoms with E-state index in [1.165, 1.54) is 10.4 Å². The van der Waals surface area contributed by atoms with E-state index in [1.807, 2.05) is 25.1 Å². The van der Waals surface area contributed by atoms with Crippen LogP contribution in [0.1, 0.15) is 6.92 Å². The van der Waals surface area contributed by atoms with Crippen LogP contribution in [-0.2, 0) is 4.43 Å². The van der Waals surface area contributed by atoms with Crippen LogP contribution in [0.2, 0.25) is 0 Å². The van der Waals surface area contributed by atoms with Gasteiger partial charge in [0.25, 0.3) is 9.04 Å². The van der Waals surface area contributed by atoms with Gasteiger partial charge in [-0.05, 0) is 17.3 Å². The van der Waals surface area contributed by atoms with E-state index in [1.54, 1.807) is 0 Å². The maximum Gasteiger partial charge on any atom is 0.283 e. The van der Waals surface area contributed by atoms with Crippen molar-refractivity contribution >= 4 is 19.4 Å². The summed E-state index contributed by atoms with van der Waals surface area (Å²) >= 11 is 0. The molecule has 0 heterocycles. The molecule has 2 aromatic carbocycles. The fourth-order valence-electron chi connectivity index (χ4n) is 1.72. The van der Waals surface area contributed by atoms with Crippen LogP contribution in [0.15, 0.2) is 73.3 Å². The largest absolute Gasteiger partial charge is 0.401 e. The molecule has 0 aliphatic heterocycles. The van der Waals surface area contributed by atoms with Gasteiger partial charge < -0.3 is 4.43 Å². The second-order valence-electron chi connectivity index (χ2n) is 4.12. The molecule has 0 spiro atoms. The first-order valence-electron chi connectivity index (χ1n) is 6.08. The van der Waals surface area contributed by atoms with Gasteiger partial charge in [0.1, 0.15) is 0 Å². The molecule has 1 unspecified atom stereocenters. The Morgan fingerprint density at radius 1 is 0.944 bits per heavy atom. The van der Waals surface area contributed by atoms with Crippen molar-refractivity contribution in [2.45, 2.75) is 13.0 Å². The quantitative estimate of drug-likeness (QED) is 0.587. The SMILES string of the molecule is C=CC(C)O[Si](c1ccccc1)c1ccccc1. The fourth-order valence-corrected chi connectivity index (χ4v) is 3.78. The van der Waals surface area contributed by atoms with Gasteiger partial charge in [0.2, 0.25) is 0 Å². The van der Waals surface area contributed by atoms with E-state index in [9.17, 15) is 0 Å². The molecule has 1 atom stereocenters. The van der Waals surface area contributed by atoms with Crippen LogP contribution in [0, 0.1) is 0 Å². The molecule has 2 aromatic rings. The Kier molecular flexibility index (Phi) is 4.50. The maximum atomic E-state index is 6.16. The van der Waals surface area contributed by atoms with Gasteiger partial charge in [-0.2, -0.15) is 0 Å². The van der Waals surface area contributed by atoms with E-state index in [-0.39, 0.29) is 6.10 Å². The molecular formula is C16H17OSi. The van der Waals surface area contributed by atoms with Gasteiger partial charge in [0.15, 0.2) is 0 Å². The standard InChI is InChI=1S/C16H17OSi/c1-3-14(2)17-18(15-10-6-4-7-11-15)16-12-8-5-9-13-16/h3-14H,1H2,2H3. The van der Waals surface area contributed by atoms with Crippen molar-refractivity contribution in [3.63, 3.8) is 0 Å².